The van der Waals surface area contributed by atoms with E-state index in [0.29, 0.717) is 11.5 Å². The largest absolute Gasteiger partial charge is 0.389 e. The highest BCUT2D eigenvalue weighted by molar-refractivity contribution is 5.14. The monoisotopic (exact) mass is 211 g/mol. The van der Waals surface area contributed by atoms with Crippen LogP contribution < -0.4 is 5.32 Å². The molecule has 2 saturated carbocycles. The molecule has 0 heterocycles. The fourth-order valence-electron chi connectivity index (χ4n) is 3.48. The molecule has 0 bridgehead atoms. The van der Waals surface area contributed by atoms with E-state index in [2.05, 4.69) is 33.0 Å². The molecule has 0 aromatic heterocycles. The van der Waals surface area contributed by atoms with Crippen LogP contribution in [0.25, 0.3) is 0 Å². The molecule has 2 rings (SSSR count). The van der Waals surface area contributed by atoms with Gasteiger partial charge in [-0.3, -0.25) is 0 Å². The van der Waals surface area contributed by atoms with E-state index in [1.807, 2.05) is 6.92 Å². The molecule has 0 aromatic carbocycles. The van der Waals surface area contributed by atoms with Crippen LogP contribution in [0.15, 0.2) is 0 Å². The van der Waals surface area contributed by atoms with E-state index in [1.54, 1.807) is 0 Å². The Morgan fingerprint density at radius 1 is 1.20 bits per heavy atom. The van der Waals surface area contributed by atoms with Gasteiger partial charge in [0.25, 0.3) is 0 Å². The van der Waals surface area contributed by atoms with Crippen LogP contribution in [0.4, 0.5) is 0 Å². The van der Waals surface area contributed by atoms with E-state index in [0.717, 1.165) is 24.7 Å². The van der Waals surface area contributed by atoms with E-state index >= 15 is 0 Å². The van der Waals surface area contributed by atoms with E-state index in [1.165, 1.54) is 0 Å². The molecule has 88 valence electrons. The van der Waals surface area contributed by atoms with Crippen molar-refractivity contribution in [3.63, 3.8) is 0 Å². The van der Waals surface area contributed by atoms with Crippen LogP contribution >= 0.6 is 0 Å². The Morgan fingerprint density at radius 2 is 1.80 bits per heavy atom. The second kappa shape index (κ2) is 3.21. The van der Waals surface area contributed by atoms with Crippen molar-refractivity contribution in [2.75, 3.05) is 0 Å². The summed E-state index contributed by atoms with van der Waals surface area (Å²) in [5, 5.41) is 14.0. The quantitative estimate of drug-likeness (QED) is 0.733. The lowest BCUT2D eigenvalue weighted by atomic mass is 9.81. The third-order valence-corrected chi connectivity index (χ3v) is 4.70. The van der Waals surface area contributed by atoms with Crippen LogP contribution in [-0.4, -0.2) is 22.8 Å². The molecule has 0 amide bonds. The minimum atomic E-state index is -0.515. The minimum absolute atomic E-state index is 0.278. The SMILES string of the molecule is CC(C)NC1CC2C(CC1(C)O)C2(C)C. The fourth-order valence-corrected chi connectivity index (χ4v) is 3.48. The molecule has 2 heteroatoms. The van der Waals surface area contributed by atoms with Crippen LogP contribution in [0.3, 0.4) is 0 Å². The van der Waals surface area contributed by atoms with E-state index in [9.17, 15) is 5.11 Å². The van der Waals surface area contributed by atoms with Crippen molar-refractivity contribution in [3.8, 4) is 0 Å². The molecule has 2 aliphatic rings. The van der Waals surface area contributed by atoms with Gasteiger partial charge in [0, 0.05) is 12.1 Å². The average molecular weight is 211 g/mol. The summed E-state index contributed by atoms with van der Waals surface area (Å²) >= 11 is 0. The summed E-state index contributed by atoms with van der Waals surface area (Å²) in [7, 11) is 0. The van der Waals surface area contributed by atoms with Crippen molar-refractivity contribution in [1.82, 2.24) is 5.32 Å². The van der Waals surface area contributed by atoms with Crippen LogP contribution in [0, 0.1) is 17.3 Å². The van der Waals surface area contributed by atoms with Crippen LogP contribution in [0.1, 0.15) is 47.5 Å². The normalized spacial score (nSPS) is 47.8. The van der Waals surface area contributed by atoms with Crippen LogP contribution in [0.5, 0.6) is 0 Å². The molecular weight excluding hydrogens is 186 g/mol. The third kappa shape index (κ3) is 1.83. The third-order valence-electron chi connectivity index (χ3n) is 4.70. The molecule has 4 unspecified atom stereocenters. The van der Waals surface area contributed by atoms with Gasteiger partial charge in [-0.05, 0) is 37.0 Å². The summed E-state index contributed by atoms with van der Waals surface area (Å²) in [6.45, 7) is 11.0. The molecule has 0 saturated heterocycles. The first-order valence-corrected chi connectivity index (χ1v) is 6.23. The lowest BCUT2D eigenvalue weighted by Gasteiger charge is -2.38. The molecule has 2 N–H and O–H groups in total. The molecule has 0 aromatic rings. The molecule has 0 spiro atoms. The van der Waals surface area contributed by atoms with Gasteiger partial charge in [0.2, 0.25) is 0 Å². The Morgan fingerprint density at radius 3 is 2.33 bits per heavy atom. The van der Waals surface area contributed by atoms with Gasteiger partial charge in [-0.2, -0.15) is 0 Å². The fraction of sp³-hybridized carbons (Fsp3) is 1.00. The number of rotatable bonds is 2. The summed E-state index contributed by atoms with van der Waals surface area (Å²) in [5.41, 5.74) is -0.0450. The number of aliphatic hydroxyl groups is 1. The molecule has 0 radical (unpaired) electrons. The van der Waals surface area contributed by atoms with Crippen molar-refractivity contribution in [2.24, 2.45) is 17.3 Å². The lowest BCUT2D eigenvalue weighted by Crippen LogP contribution is -2.53. The zero-order valence-corrected chi connectivity index (χ0v) is 10.7. The number of nitrogens with one attached hydrogen (secondary N) is 1. The maximum absolute atomic E-state index is 10.4. The van der Waals surface area contributed by atoms with Gasteiger partial charge >= 0.3 is 0 Å². The summed E-state index contributed by atoms with van der Waals surface area (Å²) in [4.78, 5) is 0. The van der Waals surface area contributed by atoms with E-state index in [-0.39, 0.29) is 6.04 Å². The number of hydrogen-bond donors (Lipinski definition) is 2. The van der Waals surface area contributed by atoms with E-state index < -0.39 is 5.60 Å². The second-order valence-electron chi connectivity index (χ2n) is 6.71. The standard InChI is InChI=1S/C13H25NO/c1-8(2)14-11-6-9-10(12(9,3)4)7-13(11,5)15/h8-11,14-15H,6-7H2,1-5H3. The van der Waals surface area contributed by atoms with Gasteiger partial charge in [-0.25, -0.2) is 0 Å². The number of fused-ring (bicyclic) bond motifs is 1. The highest BCUT2D eigenvalue weighted by atomic mass is 16.3. The molecule has 4 atom stereocenters. The summed E-state index contributed by atoms with van der Waals surface area (Å²) in [6, 6.07) is 0.736. The van der Waals surface area contributed by atoms with Crippen molar-refractivity contribution in [3.05, 3.63) is 0 Å². The average Bonchev–Trinajstić information content (AvgIpc) is 2.52. The van der Waals surface area contributed by atoms with Gasteiger partial charge in [-0.1, -0.05) is 27.7 Å². The maximum Gasteiger partial charge on any atom is 0.0775 e. The maximum atomic E-state index is 10.4. The zero-order chi connectivity index (χ0) is 11.4. The Hall–Kier alpha value is -0.0800. The first kappa shape index (κ1) is 11.4. The Labute approximate surface area is 93.5 Å². The van der Waals surface area contributed by atoms with Crippen molar-refractivity contribution < 1.29 is 5.11 Å². The van der Waals surface area contributed by atoms with Crippen LogP contribution in [-0.2, 0) is 0 Å². The van der Waals surface area contributed by atoms with Crippen molar-refractivity contribution in [2.45, 2.75) is 65.1 Å². The Bertz CT molecular complexity index is 257. The lowest BCUT2D eigenvalue weighted by molar-refractivity contribution is -0.0165. The molecule has 2 aliphatic carbocycles. The number of hydrogen-bond acceptors (Lipinski definition) is 2. The van der Waals surface area contributed by atoms with Gasteiger partial charge in [0.1, 0.15) is 0 Å². The minimum Gasteiger partial charge on any atom is -0.389 e. The van der Waals surface area contributed by atoms with Crippen molar-refractivity contribution >= 4 is 0 Å². The highest BCUT2D eigenvalue weighted by Gasteiger charge is 2.63. The Balaban J connectivity index is 2.06. The van der Waals surface area contributed by atoms with Crippen LogP contribution in [0.2, 0.25) is 0 Å². The van der Waals surface area contributed by atoms with Gasteiger partial charge < -0.3 is 10.4 Å². The van der Waals surface area contributed by atoms with Crippen molar-refractivity contribution in [1.29, 1.82) is 0 Å². The predicted octanol–water partition coefficient (Wildman–Crippen LogP) is 2.17. The zero-order valence-electron chi connectivity index (χ0n) is 10.7. The molecule has 0 aliphatic heterocycles. The van der Waals surface area contributed by atoms with Gasteiger partial charge in [0.15, 0.2) is 0 Å². The van der Waals surface area contributed by atoms with Gasteiger partial charge in [-0.15, -0.1) is 0 Å². The smallest absolute Gasteiger partial charge is 0.0775 e. The Kier molecular flexibility index (Phi) is 2.44. The summed E-state index contributed by atoms with van der Waals surface area (Å²) in [6.07, 6.45) is 2.11. The molecule has 15 heavy (non-hydrogen) atoms. The summed E-state index contributed by atoms with van der Waals surface area (Å²) in [5.74, 6) is 1.58. The second-order valence-corrected chi connectivity index (χ2v) is 6.71. The first-order valence-electron chi connectivity index (χ1n) is 6.23. The highest BCUT2D eigenvalue weighted by Crippen LogP contribution is 2.66. The molecule has 2 nitrogen and oxygen atoms in total. The predicted molar refractivity (Wildman–Crippen MR) is 62.7 cm³/mol. The molecular formula is C13H25NO. The van der Waals surface area contributed by atoms with E-state index in [4.69, 9.17) is 0 Å². The topological polar surface area (TPSA) is 32.3 Å². The molecule has 2 fully saturated rings. The first-order chi connectivity index (χ1) is 6.75. The van der Waals surface area contributed by atoms with Gasteiger partial charge in [0.05, 0.1) is 5.60 Å². The summed E-state index contributed by atoms with van der Waals surface area (Å²) < 4.78 is 0.